The van der Waals surface area contributed by atoms with Gasteiger partial charge in [0.2, 0.25) is 0 Å². The van der Waals surface area contributed by atoms with E-state index in [9.17, 15) is 0 Å². The summed E-state index contributed by atoms with van der Waals surface area (Å²) < 4.78 is 0.976. The predicted octanol–water partition coefficient (Wildman–Crippen LogP) is 2.32. The molecule has 1 aliphatic rings. The number of piperazine rings is 1. The van der Waals surface area contributed by atoms with Crippen LogP contribution >= 0.6 is 15.9 Å². The summed E-state index contributed by atoms with van der Waals surface area (Å²) in [5, 5.41) is 11.8. The Kier molecular flexibility index (Phi) is 5.47. The van der Waals surface area contributed by atoms with Gasteiger partial charge < -0.3 is 15.8 Å². The van der Waals surface area contributed by atoms with Gasteiger partial charge in [0.15, 0.2) is 5.84 Å². The highest BCUT2D eigenvalue weighted by Gasteiger charge is 2.19. The largest absolute Gasteiger partial charge is 0.409 e. The molecule has 1 saturated heterocycles. The monoisotopic (exact) mass is 354 g/mol. The summed E-state index contributed by atoms with van der Waals surface area (Å²) in [7, 11) is 0. The van der Waals surface area contributed by atoms with Crippen molar-refractivity contribution in [3.8, 4) is 0 Å². The molecule has 1 fully saturated rings. The van der Waals surface area contributed by atoms with Crippen molar-refractivity contribution < 1.29 is 5.21 Å². The summed E-state index contributed by atoms with van der Waals surface area (Å²) in [5.41, 5.74) is 7.49. The molecular weight excluding hydrogens is 332 g/mol. The number of oxime groups is 1. The minimum Gasteiger partial charge on any atom is -0.409 e. The van der Waals surface area contributed by atoms with E-state index >= 15 is 0 Å². The second-order valence-electron chi connectivity index (χ2n) is 5.83. The van der Waals surface area contributed by atoms with E-state index in [0.29, 0.717) is 11.5 Å². The molecule has 1 aromatic rings. The minimum absolute atomic E-state index is 0.129. The zero-order valence-electron chi connectivity index (χ0n) is 12.6. The van der Waals surface area contributed by atoms with Crippen LogP contribution in [0.5, 0.6) is 0 Å². The third kappa shape index (κ3) is 4.11. The maximum absolute atomic E-state index is 8.73. The zero-order valence-corrected chi connectivity index (χ0v) is 14.2. The molecule has 6 heteroatoms. The molecule has 2 rings (SSSR count). The molecule has 1 aliphatic heterocycles. The Morgan fingerprint density at radius 3 is 2.52 bits per heavy atom. The van der Waals surface area contributed by atoms with E-state index in [2.05, 4.69) is 44.7 Å². The summed E-state index contributed by atoms with van der Waals surface area (Å²) in [6, 6.07) is 5.80. The molecule has 0 spiro atoms. The van der Waals surface area contributed by atoms with Crippen molar-refractivity contribution in [1.29, 1.82) is 0 Å². The topological polar surface area (TPSA) is 65.1 Å². The molecule has 0 atom stereocenters. The molecular formula is C15H23BrN4O. The average molecular weight is 355 g/mol. The summed E-state index contributed by atoms with van der Waals surface area (Å²) >= 11 is 3.59. The van der Waals surface area contributed by atoms with E-state index in [-0.39, 0.29) is 5.84 Å². The zero-order chi connectivity index (χ0) is 15.4. The van der Waals surface area contributed by atoms with Gasteiger partial charge in [-0.1, -0.05) is 19.0 Å². The van der Waals surface area contributed by atoms with Crippen molar-refractivity contribution in [3.05, 3.63) is 28.2 Å². The lowest BCUT2D eigenvalue weighted by Gasteiger charge is -2.37. The van der Waals surface area contributed by atoms with Crippen LogP contribution < -0.4 is 10.6 Å². The Morgan fingerprint density at radius 1 is 1.33 bits per heavy atom. The fraction of sp³-hybridized carbons (Fsp3) is 0.533. The SMILES string of the molecule is CC(C)CN1CCN(c2ccc(/C(N)=N/O)cc2Br)CC1. The van der Waals surface area contributed by atoms with Crippen molar-refractivity contribution in [2.45, 2.75) is 13.8 Å². The van der Waals surface area contributed by atoms with E-state index in [0.717, 1.165) is 42.9 Å². The van der Waals surface area contributed by atoms with Gasteiger partial charge in [-0.15, -0.1) is 0 Å². The first-order valence-electron chi connectivity index (χ1n) is 7.26. The Hall–Kier alpha value is -1.27. The Labute approximate surface area is 134 Å². The number of anilines is 1. The van der Waals surface area contributed by atoms with Crippen LogP contribution in [0, 0.1) is 5.92 Å². The molecule has 0 bridgehead atoms. The normalized spacial score (nSPS) is 17.5. The summed E-state index contributed by atoms with van der Waals surface area (Å²) in [6.45, 7) is 9.91. The van der Waals surface area contributed by atoms with Gasteiger partial charge in [0.05, 0.1) is 5.69 Å². The van der Waals surface area contributed by atoms with Gasteiger partial charge in [-0.2, -0.15) is 0 Å². The summed E-state index contributed by atoms with van der Waals surface area (Å²) in [6.07, 6.45) is 0. The van der Waals surface area contributed by atoms with Gasteiger partial charge in [0.1, 0.15) is 0 Å². The van der Waals surface area contributed by atoms with Crippen LogP contribution in [0.3, 0.4) is 0 Å². The molecule has 0 unspecified atom stereocenters. The Balaban J connectivity index is 2.04. The third-order valence-electron chi connectivity index (χ3n) is 3.69. The number of rotatable bonds is 4. The first-order chi connectivity index (χ1) is 10.0. The quantitative estimate of drug-likeness (QED) is 0.377. The molecule has 1 heterocycles. The molecule has 0 aliphatic carbocycles. The van der Waals surface area contributed by atoms with Crippen LogP contribution in [-0.2, 0) is 0 Å². The highest BCUT2D eigenvalue weighted by atomic mass is 79.9. The van der Waals surface area contributed by atoms with Gasteiger partial charge in [-0.3, -0.25) is 4.90 Å². The van der Waals surface area contributed by atoms with Crippen LogP contribution in [-0.4, -0.2) is 48.7 Å². The summed E-state index contributed by atoms with van der Waals surface area (Å²) in [4.78, 5) is 4.89. The molecule has 5 nitrogen and oxygen atoms in total. The van der Waals surface area contributed by atoms with Gasteiger partial charge in [-0.05, 0) is 40.0 Å². The molecule has 0 aromatic heterocycles. The maximum Gasteiger partial charge on any atom is 0.170 e. The molecule has 116 valence electrons. The van der Waals surface area contributed by atoms with E-state index in [1.54, 1.807) is 0 Å². The van der Waals surface area contributed by atoms with Crippen LogP contribution in [0.2, 0.25) is 0 Å². The molecule has 0 radical (unpaired) electrons. The first-order valence-corrected chi connectivity index (χ1v) is 8.05. The smallest absolute Gasteiger partial charge is 0.170 e. The first kappa shape index (κ1) is 16.1. The maximum atomic E-state index is 8.73. The number of benzene rings is 1. The predicted molar refractivity (Wildman–Crippen MR) is 90.1 cm³/mol. The van der Waals surface area contributed by atoms with E-state index in [1.807, 2.05) is 18.2 Å². The highest BCUT2D eigenvalue weighted by molar-refractivity contribution is 9.10. The fourth-order valence-corrected chi connectivity index (χ4v) is 3.30. The highest BCUT2D eigenvalue weighted by Crippen LogP contribution is 2.28. The van der Waals surface area contributed by atoms with E-state index in [1.165, 1.54) is 0 Å². The Bertz CT molecular complexity index is 510. The Morgan fingerprint density at radius 2 is 2.00 bits per heavy atom. The lowest BCUT2D eigenvalue weighted by atomic mass is 10.1. The van der Waals surface area contributed by atoms with E-state index < -0.39 is 0 Å². The molecule has 3 N–H and O–H groups in total. The van der Waals surface area contributed by atoms with Crippen molar-refractivity contribution in [3.63, 3.8) is 0 Å². The number of amidine groups is 1. The molecule has 1 aromatic carbocycles. The number of hydrogen-bond acceptors (Lipinski definition) is 4. The van der Waals surface area contributed by atoms with Gasteiger partial charge in [-0.25, -0.2) is 0 Å². The second kappa shape index (κ2) is 7.13. The number of halogens is 1. The molecule has 21 heavy (non-hydrogen) atoms. The van der Waals surface area contributed by atoms with Crippen molar-refractivity contribution in [2.24, 2.45) is 16.8 Å². The second-order valence-corrected chi connectivity index (χ2v) is 6.69. The van der Waals surface area contributed by atoms with Crippen molar-refractivity contribution >= 4 is 27.5 Å². The number of nitrogens with two attached hydrogens (primary N) is 1. The average Bonchev–Trinajstić information content (AvgIpc) is 2.47. The van der Waals surface area contributed by atoms with E-state index in [4.69, 9.17) is 10.9 Å². The van der Waals surface area contributed by atoms with Crippen LogP contribution in [0.1, 0.15) is 19.4 Å². The third-order valence-corrected chi connectivity index (χ3v) is 4.32. The number of hydrogen-bond donors (Lipinski definition) is 2. The van der Waals surface area contributed by atoms with Crippen LogP contribution in [0.4, 0.5) is 5.69 Å². The van der Waals surface area contributed by atoms with Gasteiger partial charge >= 0.3 is 0 Å². The fourth-order valence-electron chi connectivity index (χ4n) is 2.67. The number of nitrogens with zero attached hydrogens (tertiary/aromatic N) is 3. The lowest BCUT2D eigenvalue weighted by Crippen LogP contribution is -2.47. The lowest BCUT2D eigenvalue weighted by molar-refractivity contribution is 0.231. The van der Waals surface area contributed by atoms with Crippen LogP contribution in [0.25, 0.3) is 0 Å². The van der Waals surface area contributed by atoms with Crippen molar-refractivity contribution in [2.75, 3.05) is 37.6 Å². The standard InChI is InChI=1S/C15H23BrN4O/c1-11(2)10-19-5-7-20(8-6-19)14-4-3-12(9-13(14)16)15(17)18-21/h3-4,9,11,21H,5-8,10H2,1-2H3,(H2,17,18). The van der Waals surface area contributed by atoms with Gasteiger partial charge in [0, 0.05) is 42.8 Å². The van der Waals surface area contributed by atoms with Gasteiger partial charge in [0.25, 0.3) is 0 Å². The van der Waals surface area contributed by atoms with Crippen LogP contribution in [0.15, 0.2) is 27.8 Å². The summed E-state index contributed by atoms with van der Waals surface area (Å²) in [5.74, 6) is 0.840. The molecule has 0 amide bonds. The minimum atomic E-state index is 0.129. The van der Waals surface area contributed by atoms with Crippen molar-refractivity contribution in [1.82, 2.24) is 4.90 Å². The molecule has 0 saturated carbocycles.